The normalized spacial score (nSPS) is 12.4. The van der Waals surface area contributed by atoms with Crippen molar-refractivity contribution in [3.63, 3.8) is 0 Å². The van der Waals surface area contributed by atoms with E-state index >= 15 is 0 Å². The van der Waals surface area contributed by atoms with Gasteiger partial charge < -0.3 is 0 Å². The molecule has 1 aromatic rings. The Balaban J connectivity index is 2.90. The quantitative estimate of drug-likeness (QED) is 0.840. The smallest absolute Gasteiger partial charge is 0.261 e. The molecule has 0 aliphatic rings. The zero-order valence-corrected chi connectivity index (χ0v) is 11.4. The maximum Gasteiger partial charge on any atom is 0.261 e. The van der Waals surface area contributed by atoms with Crippen LogP contribution < -0.4 is 4.72 Å². The average molecular weight is 298 g/mol. The van der Waals surface area contributed by atoms with Crippen LogP contribution in [0.25, 0.3) is 0 Å². The second-order valence-electron chi connectivity index (χ2n) is 3.38. The van der Waals surface area contributed by atoms with Gasteiger partial charge in [-0.2, -0.15) is 0 Å². The van der Waals surface area contributed by atoms with Gasteiger partial charge in [0.25, 0.3) is 9.05 Å². The molecule has 1 N–H and O–H groups in total. The molecule has 0 aliphatic carbocycles. The molecule has 0 unspecified atom stereocenters. The molecule has 96 valence electrons. The maximum atomic E-state index is 11.4. The number of hydrogen-bond acceptors (Lipinski definition) is 4. The van der Waals surface area contributed by atoms with Crippen LogP contribution in [0, 0.1) is 0 Å². The van der Waals surface area contributed by atoms with E-state index in [1.54, 1.807) is 6.92 Å². The Morgan fingerprint density at radius 1 is 1.12 bits per heavy atom. The Morgan fingerprint density at radius 2 is 1.65 bits per heavy atom. The molecular formula is C9H12ClNO4S2. The van der Waals surface area contributed by atoms with Gasteiger partial charge in [-0.05, 0) is 30.7 Å². The van der Waals surface area contributed by atoms with Crippen LogP contribution in [-0.2, 0) is 19.1 Å². The lowest BCUT2D eigenvalue weighted by Gasteiger charge is -2.06. The average Bonchev–Trinajstić information content (AvgIpc) is 2.16. The van der Waals surface area contributed by atoms with Crippen LogP contribution in [-0.4, -0.2) is 22.6 Å². The topological polar surface area (TPSA) is 80.3 Å². The number of rotatable bonds is 5. The Bertz CT molecular complexity index is 578. The largest absolute Gasteiger partial charge is 0.284 e. The summed E-state index contributed by atoms with van der Waals surface area (Å²) in [5.74, 6) is 0.0164. The highest BCUT2D eigenvalue weighted by molar-refractivity contribution is 8.13. The van der Waals surface area contributed by atoms with Crippen LogP contribution in [0.5, 0.6) is 0 Å². The first kappa shape index (κ1) is 14.3. The molecule has 1 aromatic carbocycles. The molecule has 0 bridgehead atoms. The van der Waals surface area contributed by atoms with E-state index in [1.165, 1.54) is 24.3 Å². The van der Waals surface area contributed by atoms with Crippen molar-refractivity contribution in [2.75, 3.05) is 10.5 Å². The molecule has 0 heterocycles. The molecule has 0 saturated carbocycles. The summed E-state index contributed by atoms with van der Waals surface area (Å²) in [6.45, 7) is 1.75. The number of hydrogen-bond donors (Lipinski definition) is 1. The van der Waals surface area contributed by atoms with Gasteiger partial charge in [-0.1, -0.05) is 6.92 Å². The number of anilines is 1. The van der Waals surface area contributed by atoms with E-state index in [0.29, 0.717) is 12.1 Å². The van der Waals surface area contributed by atoms with Crippen molar-refractivity contribution in [2.24, 2.45) is 0 Å². The molecule has 8 heteroatoms. The van der Waals surface area contributed by atoms with E-state index in [9.17, 15) is 16.8 Å². The molecule has 0 aromatic heterocycles. The molecule has 0 atom stereocenters. The van der Waals surface area contributed by atoms with Gasteiger partial charge in [0.2, 0.25) is 10.0 Å². The van der Waals surface area contributed by atoms with Gasteiger partial charge in [0.1, 0.15) is 0 Å². The number of nitrogens with one attached hydrogen (secondary N) is 1. The van der Waals surface area contributed by atoms with E-state index in [2.05, 4.69) is 4.72 Å². The highest BCUT2D eigenvalue weighted by Crippen LogP contribution is 2.18. The van der Waals surface area contributed by atoms with Crippen LogP contribution in [0.3, 0.4) is 0 Å². The molecule has 5 nitrogen and oxygen atoms in total. The van der Waals surface area contributed by atoms with E-state index < -0.39 is 19.1 Å². The van der Waals surface area contributed by atoms with Gasteiger partial charge >= 0.3 is 0 Å². The molecule has 0 radical (unpaired) electrons. The van der Waals surface area contributed by atoms with Crippen molar-refractivity contribution >= 4 is 35.4 Å². The third-order valence-electron chi connectivity index (χ3n) is 1.88. The lowest BCUT2D eigenvalue weighted by molar-refractivity contribution is 0.599. The molecule has 0 aliphatic heterocycles. The first-order chi connectivity index (χ1) is 7.74. The van der Waals surface area contributed by atoms with Crippen LogP contribution >= 0.6 is 10.7 Å². The molecule has 0 saturated heterocycles. The fourth-order valence-electron chi connectivity index (χ4n) is 1.18. The minimum atomic E-state index is -3.78. The van der Waals surface area contributed by atoms with Crippen LogP contribution in [0.2, 0.25) is 0 Å². The second-order valence-corrected chi connectivity index (χ2v) is 7.79. The molecule has 0 fully saturated rings. The lowest BCUT2D eigenvalue weighted by atomic mass is 10.3. The second kappa shape index (κ2) is 5.24. The zero-order chi connectivity index (χ0) is 13.1. The van der Waals surface area contributed by atoms with Crippen molar-refractivity contribution in [1.29, 1.82) is 0 Å². The summed E-state index contributed by atoms with van der Waals surface area (Å²) >= 11 is 0. The van der Waals surface area contributed by atoms with Gasteiger partial charge in [-0.15, -0.1) is 0 Å². The summed E-state index contributed by atoms with van der Waals surface area (Å²) in [5, 5.41) is 0. The van der Waals surface area contributed by atoms with Crippen molar-refractivity contribution in [2.45, 2.75) is 18.2 Å². The van der Waals surface area contributed by atoms with Crippen LogP contribution in [0.4, 0.5) is 5.69 Å². The van der Waals surface area contributed by atoms with Crippen molar-refractivity contribution in [3.05, 3.63) is 24.3 Å². The lowest BCUT2D eigenvalue weighted by Crippen LogP contribution is -2.16. The SMILES string of the molecule is CCCS(=O)(=O)Nc1ccc(S(=O)(=O)Cl)cc1. The van der Waals surface area contributed by atoms with Gasteiger partial charge in [-0.25, -0.2) is 16.8 Å². The van der Waals surface area contributed by atoms with Crippen LogP contribution in [0.15, 0.2) is 29.2 Å². The van der Waals surface area contributed by atoms with Crippen molar-refractivity contribution in [1.82, 2.24) is 0 Å². The third kappa shape index (κ3) is 4.53. The first-order valence-corrected chi connectivity index (χ1v) is 8.76. The van der Waals surface area contributed by atoms with Crippen molar-refractivity contribution < 1.29 is 16.8 Å². The summed E-state index contributed by atoms with van der Waals surface area (Å²) in [6, 6.07) is 5.18. The van der Waals surface area contributed by atoms with Crippen molar-refractivity contribution in [3.8, 4) is 0 Å². The predicted octanol–water partition coefficient (Wildman–Crippen LogP) is 1.77. The van der Waals surface area contributed by atoms with Gasteiger partial charge in [0.15, 0.2) is 0 Å². The highest BCUT2D eigenvalue weighted by atomic mass is 35.7. The number of sulfonamides is 1. The molecule has 0 spiro atoms. The summed E-state index contributed by atoms with van der Waals surface area (Å²) in [4.78, 5) is -0.0717. The highest BCUT2D eigenvalue weighted by Gasteiger charge is 2.11. The van der Waals surface area contributed by atoms with E-state index in [-0.39, 0.29) is 10.6 Å². The summed E-state index contributed by atoms with van der Waals surface area (Å²) < 4.78 is 47.1. The number of halogens is 1. The van der Waals surface area contributed by atoms with Gasteiger partial charge in [0.05, 0.1) is 10.6 Å². The Hall–Kier alpha value is -0.790. The molecule has 1 rings (SSSR count). The fourth-order valence-corrected chi connectivity index (χ4v) is 3.09. The first-order valence-electron chi connectivity index (χ1n) is 4.80. The third-order valence-corrected chi connectivity index (χ3v) is 4.74. The Morgan fingerprint density at radius 3 is 2.06 bits per heavy atom. The minimum absolute atomic E-state index is 0.0164. The van der Waals surface area contributed by atoms with Gasteiger partial charge in [-0.3, -0.25) is 4.72 Å². The standard InChI is InChI=1S/C9H12ClNO4S2/c1-2-7-16(12,13)11-8-3-5-9(6-4-8)17(10,14)15/h3-6,11H,2,7H2,1H3. The summed E-state index contributed by atoms with van der Waals surface area (Å²) in [6.07, 6.45) is 0.503. The molecule has 17 heavy (non-hydrogen) atoms. The summed E-state index contributed by atoms with van der Waals surface area (Å²) in [5.41, 5.74) is 0.308. The number of benzene rings is 1. The van der Waals surface area contributed by atoms with Crippen LogP contribution in [0.1, 0.15) is 13.3 Å². The maximum absolute atomic E-state index is 11.4. The Kier molecular flexibility index (Phi) is 4.40. The molecule has 0 amide bonds. The summed E-state index contributed by atoms with van der Waals surface area (Å²) in [7, 11) is -2.02. The van der Waals surface area contributed by atoms with E-state index in [1.807, 2.05) is 0 Å². The van der Waals surface area contributed by atoms with Gasteiger partial charge in [0, 0.05) is 16.4 Å². The van der Waals surface area contributed by atoms with E-state index in [0.717, 1.165) is 0 Å². The fraction of sp³-hybridized carbons (Fsp3) is 0.333. The zero-order valence-electron chi connectivity index (χ0n) is 9.05. The Labute approximate surface area is 105 Å². The van der Waals surface area contributed by atoms with E-state index in [4.69, 9.17) is 10.7 Å². The monoisotopic (exact) mass is 297 g/mol. The minimum Gasteiger partial charge on any atom is -0.284 e. The molecular weight excluding hydrogens is 286 g/mol. The predicted molar refractivity (Wildman–Crippen MR) is 67.2 cm³/mol.